The second kappa shape index (κ2) is 4.09. The zero-order chi connectivity index (χ0) is 13.4. The first-order chi connectivity index (χ1) is 9.15. The second-order valence-corrected chi connectivity index (χ2v) is 4.00. The Morgan fingerprint density at radius 1 is 1.26 bits per heavy atom. The summed E-state index contributed by atoms with van der Waals surface area (Å²) in [7, 11) is 0. The number of carbonyl (C=O) groups excluding carboxylic acids is 1. The number of nitrogens with zero attached hydrogens (tertiary/aromatic N) is 2. The van der Waals surface area contributed by atoms with Crippen molar-refractivity contribution in [3.05, 3.63) is 42.2 Å². The fourth-order valence-electron chi connectivity index (χ4n) is 1.81. The lowest BCUT2D eigenvalue weighted by Crippen LogP contribution is -2.16. The molecule has 19 heavy (non-hydrogen) atoms. The molecule has 2 heterocycles. The molecule has 0 aliphatic carbocycles. The molecule has 0 aliphatic rings. The van der Waals surface area contributed by atoms with Gasteiger partial charge in [-0.3, -0.25) is 4.79 Å². The van der Waals surface area contributed by atoms with Gasteiger partial charge in [-0.1, -0.05) is 18.2 Å². The summed E-state index contributed by atoms with van der Waals surface area (Å²) in [6, 6.07) is 9.37. The summed E-state index contributed by atoms with van der Waals surface area (Å²) in [5, 5.41) is 0.941. The van der Waals surface area contributed by atoms with E-state index in [1.807, 2.05) is 30.3 Å². The minimum atomic E-state index is -0.719. The topological polar surface area (TPSA) is 108 Å². The molecule has 0 aliphatic heterocycles. The molecule has 0 bridgehead atoms. The van der Waals surface area contributed by atoms with Gasteiger partial charge in [0.1, 0.15) is 11.3 Å². The van der Waals surface area contributed by atoms with Gasteiger partial charge >= 0.3 is 0 Å². The maximum absolute atomic E-state index is 11.2. The highest BCUT2D eigenvalue weighted by Crippen LogP contribution is 2.26. The van der Waals surface area contributed by atoms with Crippen LogP contribution in [0.15, 0.2) is 40.9 Å². The standard InChI is InChI=1S/C13H10N4O2/c14-12-11(13(15)18)17-8(6-16-12)10-5-7-3-1-2-4-9(7)19-10/h1-6H,(H2,14,16)(H2,15,18). The number of hydrogen-bond donors (Lipinski definition) is 2. The molecule has 94 valence electrons. The van der Waals surface area contributed by atoms with Crippen LogP contribution in [0.4, 0.5) is 5.82 Å². The molecule has 2 aromatic heterocycles. The van der Waals surface area contributed by atoms with E-state index in [1.165, 1.54) is 6.20 Å². The number of rotatable bonds is 2. The summed E-state index contributed by atoms with van der Waals surface area (Å²) >= 11 is 0. The Hall–Kier alpha value is -2.89. The molecule has 0 spiro atoms. The first kappa shape index (κ1) is 11.2. The van der Waals surface area contributed by atoms with Crippen LogP contribution >= 0.6 is 0 Å². The number of amides is 1. The van der Waals surface area contributed by atoms with E-state index >= 15 is 0 Å². The predicted molar refractivity (Wildman–Crippen MR) is 70.2 cm³/mol. The Morgan fingerprint density at radius 3 is 2.79 bits per heavy atom. The fraction of sp³-hybridized carbons (Fsp3) is 0. The average molecular weight is 254 g/mol. The van der Waals surface area contributed by atoms with Crippen molar-refractivity contribution in [1.29, 1.82) is 0 Å². The lowest BCUT2D eigenvalue weighted by Gasteiger charge is -2.01. The van der Waals surface area contributed by atoms with E-state index < -0.39 is 5.91 Å². The van der Waals surface area contributed by atoms with Crippen molar-refractivity contribution in [2.45, 2.75) is 0 Å². The lowest BCUT2D eigenvalue weighted by molar-refractivity contribution is 0.0996. The number of anilines is 1. The number of nitrogens with two attached hydrogens (primary N) is 2. The number of furan rings is 1. The Labute approximate surface area is 108 Å². The third-order valence-corrected chi connectivity index (χ3v) is 2.71. The maximum atomic E-state index is 11.2. The van der Waals surface area contributed by atoms with Gasteiger partial charge in [-0.05, 0) is 12.1 Å². The summed E-state index contributed by atoms with van der Waals surface area (Å²) in [6.45, 7) is 0. The van der Waals surface area contributed by atoms with E-state index in [9.17, 15) is 4.79 Å². The van der Waals surface area contributed by atoms with Crippen LogP contribution in [0, 0.1) is 0 Å². The van der Waals surface area contributed by atoms with Crippen molar-refractivity contribution in [1.82, 2.24) is 9.97 Å². The SMILES string of the molecule is NC(=O)c1nc(-c2cc3ccccc3o2)cnc1N. The lowest BCUT2D eigenvalue weighted by atomic mass is 10.2. The number of benzene rings is 1. The Balaban J connectivity index is 2.16. The fourth-order valence-corrected chi connectivity index (χ4v) is 1.81. The molecule has 0 unspecified atom stereocenters. The van der Waals surface area contributed by atoms with E-state index in [0.717, 1.165) is 11.0 Å². The van der Waals surface area contributed by atoms with Gasteiger partial charge in [-0.15, -0.1) is 0 Å². The van der Waals surface area contributed by atoms with Gasteiger partial charge in [0.25, 0.3) is 5.91 Å². The average Bonchev–Trinajstić information content (AvgIpc) is 2.82. The van der Waals surface area contributed by atoms with E-state index in [4.69, 9.17) is 15.9 Å². The van der Waals surface area contributed by atoms with Crippen LogP contribution in [0.2, 0.25) is 0 Å². The highest BCUT2D eigenvalue weighted by Gasteiger charge is 2.13. The molecule has 1 aromatic carbocycles. The van der Waals surface area contributed by atoms with Crippen LogP contribution in [0.3, 0.4) is 0 Å². The molecule has 0 saturated heterocycles. The first-order valence-corrected chi connectivity index (χ1v) is 5.56. The predicted octanol–water partition coefficient (Wildman–Crippen LogP) is 1.57. The minimum Gasteiger partial charge on any atom is -0.454 e. The van der Waals surface area contributed by atoms with Gasteiger partial charge in [-0.2, -0.15) is 0 Å². The highest BCUT2D eigenvalue weighted by atomic mass is 16.3. The number of carbonyl (C=O) groups is 1. The summed E-state index contributed by atoms with van der Waals surface area (Å²) in [4.78, 5) is 19.2. The van der Waals surface area contributed by atoms with Crippen LogP contribution in [0.5, 0.6) is 0 Å². The molecule has 4 N–H and O–H groups in total. The number of hydrogen-bond acceptors (Lipinski definition) is 5. The third-order valence-electron chi connectivity index (χ3n) is 2.71. The van der Waals surface area contributed by atoms with Gasteiger partial charge in [0, 0.05) is 5.39 Å². The van der Waals surface area contributed by atoms with Crippen molar-refractivity contribution in [3.8, 4) is 11.5 Å². The summed E-state index contributed by atoms with van der Waals surface area (Å²) in [6.07, 6.45) is 1.44. The second-order valence-electron chi connectivity index (χ2n) is 4.00. The summed E-state index contributed by atoms with van der Waals surface area (Å²) < 4.78 is 5.63. The molecule has 3 rings (SSSR count). The molecule has 6 heteroatoms. The number of primary amides is 1. The number of nitrogen functional groups attached to an aromatic ring is 1. The van der Waals surface area contributed by atoms with Crippen LogP contribution < -0.4 is 11.5 Å². The molecule has 0 fully saturated rings. The number of aromatic nitrogens is 2. The van der Waals surface area contributed by atoms with Crippen LogP contribution in [-0.2, 0) is 0 Å². The molecule has 1 amide bonds. The van der Waals surface area contributed by atoms with Gasteiger partial charge in [0.05, 0.1) is 6.20 Å². The molecule has 3 aromatic rings. The Morgan fingerprint density at radius 2 is 2.05 bits per heavy atom. The van der Waals surface area contributed by atoms with Crippen LogP contribution in [0.1, 0.15) is 10.5 Å². The van der Waals surface area contributed by atoms with Gasteiger partial charge in [0.2, 0.25) is 0 Å². The van der Waals surface area contributed by atoms with Crippen molar-refractivity contribution in [2.75, 3.05) is 5.73 Å². The smallest absolute Gasteiger partial charge is 0.271 e. The zero-order valence-electron chi connectivity index (χ0n) is 9.83. The Bertz CT molecular complexity index is 746. The Kier molecular flexibility index (Phi) is 2.42. The normalized spacial score (nSPS) is 10.7. The van der Waals surface area contributed by atoms with E-state index in [-0.39, 0.29) is 11.5 Å². The molecular formula is C13H10N4O2. The molecular weight excluding hydrogens is 244 g/mol. The summed E-state index contributed by atoms with van der Waals surface area (Å²) in [5.74, 6) is -0.202. The number of para-hydroxylation sites is 1. The highest BCUT2D eigenvalue weighted by molar-refractivity contribution is 5.95. The van der Waals surface area contributed by atoms with Crippen molar-refractivity contribution < 1.29 is 9.21 Å². The van der Waals surface area contributed by atoms with Crippen molar-refractivity contribution in [2.24, 2.45) is 5.73 Å². The zero-order valence-corrected chi connectivity index (χ0v) is 9.83. The quantitative estimate of drug-likeness (QED) is 0.721. The third kappa shape index (κ3) is 1.89. The van der Waals surface area contributed by atoms with Gasteiger partial charge in [-0.25, -0.2) is 9.97 Å². The summed E-state index contributed by atoms with van der Waals surface area (Å²) in [5.41, 5.74) is 11.8. The van der Waals surface area contributed by atoms with Crippen LogP contribution in [-0.4, -0.2) is 15.9 Å². The molecule has 0 radical (unpaired) electrons. The van der Waals surface area contributed by atoms with E-state index in [2.05, 4.69) is 9.97 Å². The molecule has 6 nitrogen and oxygen atoms in total. The van der Waals surface area contributed by atoms with Crippen LogP contribution in [0.25, 0.3) is 22.4 Å². The molecule has 0 saturated carbocycles. The largest absolute Gasteiger partial charge is 0.454 e. The first-order valence-electron chi connectivity index (χ1n) is 5.56. The monoisotopic (exact) mass is 254 g/mol. The number of fused-ring (bicyclic) bond motifs is 1. The van der Waals surface area contributed by atoms with Gasteiger partial charge < -0.3 is 15.9 Å². The van der Waals surface area contributed by atoms with E-state index in [0.29, 0.717) is 11.5 Å². The van der Waals surface area contributed by atoms with Gasteiger partial charge in [0.15, 0.2) is 17.3 Å². The van der Waals surface area contributed by atoms with Crippen molar-refractivity contribution in [3.63, 3.8) is 0 Å². The van der Waals surface area contributed by atoms with E-state index in [1.54, 1.807) is 0 Å². The molecule has 0 atom stereocenters. The van der Waals surface area contributed by atoms with Crippen molar-refractivity contribution >= 4 is 22.7 Å². The minimum absolute atomic E-state index is 0.00682. The maximum Gasteiger partial charge on any atom is 0.271 e.